The molecular formula is C14H16NNaO3. The second-order valence-corrected chi connectivity index (χ2v) is 4.34. The number of hydrogen-bond acceptors (Lipinski definition) is 4. The standard InChI is InChI=1S/C14H16NO3.Na/c1-18-14(17)12-10-15(8-7-13(12)16)9-11-5-3-2-4-6-11;/h2-6H,7-10H2,1H3;/q-1;+1. The maximum atomic E-state index is 11.6. The molecular weight excluding hydrogens is 253 g/mol. The van der Waals surface area contributed by atoms with Crippen LogP contribution in [0.25, 0.3) is 0 Å². The molecule has 0 radical (unpaired) electrons. The van der Waals surface area contributed by atoms with E-state index in [9.17, 15) is 9.59 Å². The van der Waals surface area contributed by atoms with Crippen molar-refractivity contribution in [3.05, 3.63) is 41.8 Å². The molecule has 1 saturated heterocycles. The maximum absolute atomic E-state index is 11.6. The Hall–Kier alpha value is -0.810. The molecule has 2 rings (SSSR count). The van der Waals surface area contributed by atoms with Gasteiger partial charge in [0.15, 0.2) is 5.97 Å². The van der Waals surface area contributed by atoms with Crippen LogP contribution in [0.2, 0.25) is 0 Å². The van der Waals surface area contributed by atoms with Gasteiger partial charge in [0.1, 0.15) is 0 Å². The molecule has 96 valence electrons. The third-order valence-corrected chi connectivity index (χ3v) is 3.05. The molecule has 1 aliphatic heterocycles. The van der Waals surface area contributed by atoms with E-state index in [1.165, 1.54) is 12.7 Å². The molecule has 5 heteroatoms. The van der Waals surface area contributed by atoms with E-state index in [1.54, 1.807) is 0 Å². The predicted octanol–water partition coefficient (Wildman–Crippen LogP) is -1.79. The number of Topliss-reactive ketones (excluding diaryl/α,β-unsaturated/α-hetero) is 1. The molecule has 1 aromatic carbocycles. The number of piperidine rings is 1. The Morgan fingerprint density at radius 2 is 2.05 bits per heavy atom. The Morgan fingerprint density at radius 3 is 2.68 bits per heavy atom. The number of methoxy groups -OCH3 is 1. The van der Waals surface area contributed by atoms with Crippen LogP contribution in [-0.2, 0) is 20.9 Å². The summed E-state index contributed by atoms with van der Waals surface area (Å²) < 4.78 is 4.64. The summed E-state index contributed by atoms with van der Waals surface area (Å²) in [6.07, 6.45) is 0.386. The SMILES string of the molecule is COC(=O)[C-]1CN(Cc2ccccc2)CCC1=O.[Na+]. The molecule has 1 aromatic rings. The van der Waals surface area contributed by atoms with E-state index in [-0.39, 0.29) is 41.3 Å². The second kappa shape index (κ2) is 7.70. The third-order valence-electron chi connectivity index (χ3n) is 3.05. The average Bonchev–Trinajstić information content (AvgIpc) is 2.41. The minimum atomic E-state index is -0.502. The summed E-state index contributed by atoms with van der Waals surface area (Å²) in [5.41, 5.74) is 1.18. The van der Waals surface area contributed by atoms with E-state index in [1.807, 2.05) is 30.3 Å². The van der Waals surface area contributed by atoms with Crippen molar-refractivity contribution in [2.45, 2.75) is 13.0 Å². The van der Waals surface area contributed by atoms with Gasteiger partial charge in [0.2, 0.25) is 0 Å². The van der Waals surface area contributed by atoms with Gasteiger partial charge >= 0.3 is 29.6 Å². The summed E-state index contributed by atoms with van der Waals surface area (Å²) in [4.78, 5) is 25.2. The topological polar surface area (TPSA) is 46.6 Å². The summed E-state index contributed by atoms with van der Waals surface area (Å²) in [6.45, 7) is 1.81. The fourth-order valence-electron chi connectivity index (χ4n) is 2.08. The molecule has 0 unspecified atom stereocenters. The third kappa shape index (κ3) is 4.35. The van der Waals surface area contributed by atoms with E-state index in [0.717, 1.165) is 6.54 Å². The Kier molecular flexibility index (Phi) is 6.58. The van der Waals surface area contributed by atoms with Crippen molar-refractivity contribution < 1.29 is 43.9 Å². The Labute approximate surface area is 135 Å². The van der Waals surface area contributed by atoms with E-state index >= 15 is 0 Å². The zero-order valence-corrected chi connectivity index (χ0v) is 13.4. The summed E-state index contributed by atoms with van der Waals surface area (Å²) >= 11 is 0. The second-order valence-electron chi connectivity index (χ2n) is 4.34. The van der Waals surface area contributed by atoms with E-state index in [0.29, 0.717) is 19.5 Å². The summed E-state index contributed by atoms with van der Waals surface area (Å²) in [6, 6.07) is 10.0. The van der Waals surface area contributed by atoms with Gasteiger partial charge in [-0.2, -0.15) is 5.92 Å². The molecule has 0 atom stereocenters. The molecule has 1 heterocycles. The van der Waals surface area contributed by atoms with Crippen molar-refractivity contribution in [3.8, 4) is 0 Å². The first-order chi connectivity index (χ1) is 8.70. The van der Waals surface area contributed by atoms with Crippen molar-refractivity contribution in [2.75, 3.05) is 20.2 Å². The van der Waals surface area contributed by atoms with Gasteiger partial charge in [0.05, 0.1) is 7.11 Å². The number of esters is 1. The molecule has 0 aromatic heterocycles. The smallest absolute Gasteiger partial charge is 0.491 e. The summed E-state index contributed by atoms with van der Waals surface area (Å²) in [5, 5.41) is 0. The van der Waals surface area contributed by atoms with E-state index < -0.39 is 5.97 Å². The normalized spacial score (nSPS) is 15.8. The molecule has 4 nitrogen and oxygen atoms in total. The number of nitrogens with zero attached hydrogens (tertiary/aromatic N) is 1. The first-order valence-electron chi connectivity index (χ1n) is 5.94. The van der Waals surface area contributed by atoms with E-state index in [2.05, 4.69) is 9.64 Å². The number of hydrogen-bond donors (Lipinski definition) is 0. The van der Waals surface area contributed by atoms with Gasteiger partial charge in [0.25, 0.3) is 0 Å². The van der Waals surface area contributed by atoms with Crippen molar-refractivity contribution >= 4 is 11.8 Å². The molecule has 19 heavy (non-hydrogen) atoms. The minimum absolute atomic E-state index is 0. The maximum Gasteiger partial charge on any atom is 1.00 e. The Morgan fingerprint density at radius 1 is 1.37 bits per heavy atom. The number of ketones is 1. The average molecular weight is 269 g/mol. The monoisotopic (exact) mass is 269 g/mol. The van der Waals surface area contributed by atoms with Gasteiger partial charge in [0, 0.05) is 18.9 Å². The fourth-order valence-corrected chi connectivity index (χ4v) is 2.08. The fraction of sp³-hybridized carbons (Fsp3) is 0.357. The Bertz CT molecular complexity index is 428. The number of rotatable bonds is 3. The number of carbonyl (C=O) groups excluding carboxylic acids is 2. The van der Waals surface area contributed by atoms with Crippen molar-refractivity contribution in [1.29, 1.82) is 0 Å². The van der Waals surface area contributed by atoms with Gasteiger partial charge in [-0.15, -0.1) is 0 Å². The largest absolute Gasteiger partial charge is 1.00 e. The van der Waals surface area contributed by atoms with Gasteiger partial charge < -0.3 is 14.4 Å². The van der Waals surface area contributed by atoms with Gasteiger partial charge in [-0.3, -0.25) is 4.79 Å². The molecule has 0 bridgehead atoms. The summed E-state index contributed by atoms with van der Waals surface area (Å²) in [5.74, 6) is -0.330. The quantitative estimate of drug-likeness (QED) is 0.369. The summed E-state index contributed by atoms with van der Waals surface area (Å²) in [7, 11) is 1.30. The van der Waals surface area contributed by atoms with Crippen LogP contribution in [0.15, 0.2) is 30.3 Å². The van der Waals surface area contributed by atoms with Crippen LogP contribution in [0.3, 0.4) is 0 Å². The Balaban J connectivity index is 0.00000180. The molecule has 0 saturated carbocycles. The van der Waals surface area contributed by atoms with Gasteiger partial charge in [-0.25, -0.2) is 0 Å². The van der Waals surface area contributed by atoms with Gasteiger partial charge in [-0.05, 0) is 12.0 Å². The molecule has 1 fully saturated rings. The molecule has 0 amide bonds. The molecule has 0 aliphatic carbocycles. The first kappa shape index (κ1) is 16.2. The zero-order valence-electron chi connectivity index (χ0n) is 11.4. The molecule has 0 N–H and O–H groups in total. The molecule has 0 spiro atoms. The van der Waals surface area contributed by atoms with Crippen molar-refractivity contribution in [3.63, 3.8) is 0 Å². The van der Waals surface area contributed by atoms with Crippen LogP contribution in [0.4, 0.5) is 0 Å². The molecule has 1 aliphatic rings. The van der Waals surface area contributed by atoms with Crippen LogP contribution in [0.1, 0.15) is 12.0 Å². The van der Waals surface area contributed by atoms with Crippen LogP contribution in [-0.4, -0.2) is 36.9 Å². The van der Waals surface area contributed by atoms with Crippen LogP contribution in [0.5, 0.6) is 0 Å². The van der Waals surface area contributed by atoms with Crippen LogP contribution in [0, 0.1) is 5.92 Å². The minimum Gasteiger partial charge on any atom is -0.491 e. The van der Waals surface area contributed by atoms with Crippen molar-refractivity contribution in [1.82, 2.24) is 4.90 Å². The van der Waals surface area contributed by atoms with Gasteiger partial charge in [-0.1, -0.05) is 36.9 Å². The number of ether oxygens (including phenoxy) is 1. The van der Waals surface area contributed by atoms with Crippen LogP contribution < -0.4 is 29.6 Å². The predicted molar refractivity (Wildman–Crippen MR) is 66.6 cm³/mol. The number of carbonyl (C=O) groups is 2. The first-order valence-corrected chi connectivity index (χ1v) is 5.94. The number of benzene rings is 1. The zero-order chi connectivity index (χ0) is 13.0. The van der Waals surface area contributed by atoms with Crippen LogP contribution >= 0.6 is 0 Å². The van der Waals surface area contributed by atoms with Crippen molar-refractivity contribution in [2.24, 2.45) is 0 Å². The van der Waals surface area contributed by atoms with E-state index in [4.69, 9.17) is 0 Å². The number of likely N-dealkylation sites (tertiary alicyclic amines) is 1.